The summed E-state index contributed by atoms with van der Waals surface area (Å²) in [6, 6.07) is 0. The number of rotatable bonds is 7. The minimum Gasteiger partial charge on any atom is -0.379 e. The average molecular weight is 454 g/mol. The SMILES string of the molecule is CCNC(=NCC(C)(C)N1CCOCC1)NCCC1CCCO1.I. The Morgan fingerprint density at radius 1 is 1.21 bits per heavy atom. The standard InChI is InChI=1S/C17H34N4O2.HI/c1-4-18-16(19-8-7-15-6-5-11-23-15)20-14-17(2,3)21-9-12-22-13-10-21;/h15H,4-14H2,1-3H3,(H2,18,19,20);1H. The molecule has 0 aromatic carbocycles. The first kappa shape index (κ1) is 21.9. The Balaban J connectivity index is 0.00000288. The highest BCUT2D eigenvalue weighted by Crippen LogP contribution is 2.16. The third-order valence-corrected chi connectivity index (χ3v) is 4.62. The summed E-state index contributed by atoms with van der Waals surface area (Å²) in [6.45, 7) is 13.8. The molecule has 0 saturated carbocycles. The molecule has 0 amide bonds. The summed E-state index contributed by atoms with van der Waals surface area (Å²) in [4.78, 5) is 7.26. The monoisotopic (exact) mass is 454 g/mol. The van der Waals surface area contributed by atoms with Crippen molar-refractivity contribution in [3.8, 4) is 0 Å². The van der Waals surface area contributed by atoms with Crippen molar-refractivity contribution in [3.63, 3.8) is 0 Å². The molecule has 2 aliphatic heterocycles. The third kappa shape index (κ3) is 7.41. The molecule has 0 bridgehead atoms. The summed E-state index contributed by atoms with van der Waals surface area (Å²) in [5.41, 5.74) is 0.0562. The number of nitrogens with one attached hydrogen (secondary N) is 2. The molecule has 2 aliphatic rings. The molecule has 1 atom stereocenters. The summed E-state index contributed by atoms with van der Waals surface area (Å²) in [6.07, 6.45) is 3.87. The first-order valence-electron chi connectivity index (χ1n) is 9.08. The number of morpholine rings is 1. The van der Waals surface area contributed by atoms with E-state index >= 15 is 0 Å². The lowest BCUT2D eigenvalue weighted by Crippen LogP contribution is -2.52. The molecule has 2 N–H and O–H groups in total. The fraction of sp³-hybridized carbons (Fsp3) is 0.941. The summed E-state index contributed by atoms with van der Waals surface area (Å²) < 4.78 is 11.1. The number of nitrogens with zero attached hydrogens (tertiary/aromatic N) is 2. The van der Waals surface area contributed by atoms with Crippen LogP contribution in [0.3, 0.4) is 0 Å². The second-order valence-corrected chi connectivity index (χ2v) is 6.96. The molecule has 2 heterocycles. The van der Waals surface area contributed by atoms with Crippen LogP contribution in [-0.2, 0) is 9.47 Å². The van der Waals surface area contributed by atoms with Gasteiger partial charge in [0.05, 0.1) is 25.9 Å². The highest BCUT2D eigenvalue weighted by Gasteiger charge is 2.28. The number of ether oxygens (including phenoxy) is 2. The van der Waals surface area contributed by atoms with Gasteiger partial charge >= 0.3 is 0 Å². The first-order chi connectivity index (χ1) is 11.1. The second-order valence-electron chi connectivity index (χ2n) is 6.96. The summed E-state index contributed by atoms with van der Waals surface area (Å²) >= 11 is 0. The van der Waals surface area contributed by atoms with Crippen molar-refractivity contribution < 1.29 is 9.47 Å². The number of halogens is 1. The molecule has 2 fully saturated rings. The van der Waals surface area contributed by atoms with Crippen LogP contribution < -0.4 is 10.6 Å². The van der Waals surface area contributed by atoms with Gasteiger partial charge in [-0.25, -0.2) is 0 Å². The van der Waals surface area contributed by atoms with E-state index in [0.29, 0.717) is 6.10 Å². The van der Waals surface area contributed by atoms with Gasteiger partial charge in [-0.05, 0) is 40.0 Å². The van der Waals surface area contributed by atoms with E-state index in [-0.39, 0.29) is 29.5 Å². The van der Waals surface area contributed by atoms with Gasteiger partial charge in [-0.2, -0.15) is 0 Å². The molecule has 2 rings (SSSR count). The van der Waals surface area contributed by atoms with E-state index in [4.69, 9.17) is 14.5 Å². The number of aliphatic imine (C=N–C) groups is 1. The van der Waals surface area contributed by atoms with Crippen LogP contribution in [0.2, 0.25) is 0 Å². The van der Waals surface area contributed by atoms with Crippen molar-refractivity contribution in [1.82, 2.24) is 15.5 Å². The van der Waals surface area contributed by atoms with Gasteiger partial charge in [0.1, 0.15) is 0 Å². The molecule has 142 valence electrons. The van der Waals surface area contributed by atoms with Gasteiger partial charge in [0.25, 0.3) is 0 Å². The molecule has 0 radical (unpaired) electrons. The van der Waals surface area contributed by atoms with Crippen LogP contribution in [0.1, 0.15) is 40.0 Å². The zero-order valence-electron chi connectivity index (χ0n) is 15.5. The fourth-order valence-electron chi connectivity index (χ4n) is 3.11. The van der Waals surface area contributed by atoms with Crippen LogP contribution >= 0.6 is 24.0 Å². The molecule has 6 nitrogen and oxygen atoms in total. The van der Waals surface area contributed by atoms with E-state index in [2.05, 4.69) is 36.3 Å². The normalized spacial score (nSPS) is 23.0. The Labute approximate surface area is 164 Å². The summed E-state index contributed by atoms with van der Waals surface area (Å²) in [5, 5.41) is 6.78. The third-order valence-electron chi connectivity index (χ3n) is 4.62. The Hall–Kier alpha value is -0.120. The molecule has 0 spiro atoms. The van der Waals surface area contributed by atoms with Crippen molar-refractivity contribution >= 4 is 29.9 Å². The first-order valence-corrected chi connectivity index (χ1v) is 9.08. The Morgan fingerprint density at radius 2 is 1.96 bits per heavy atom. The van der Waals surface area contributed by atoms with Crippen LogP contribution in [0.25, 0.3) is 0 Å². The van der Waals surface area contributed by atoms with Crippen molar-refractivity contribution in [2.75, 3.05) is 52.5 Å². The van der Waals surface area contributed by atoms with Crippen molar-refractivity contribution in [2.24, 2.45) is 4.99 Å². The lowest BCUT2D eigenvalue weighted by molar-refractivity contribution is -0.00683. The fourth-order valence-corrected chi connectivity index (χ4v) is 3.11. The zero-order chi connectivity index (χ0) is 16.5. The van der Waals surface area contributed by atoms with Gasteiger partial charge in [-0.15, -0.1) is 24.0 Å². The summed E-state index contributed by atoms with van der Waals surface area (Å²) in [5.74, 6) is 0.909. The molecular formula is C17H35IN4O2. The molecule has 24 heavy (non-hydrogen) atoms. The van der Waals surface area contributed by atoms with Crippen LogP contribution in [0.4, 0.5) is 0 Å². The summed E-state index contributed by atoms with van der Waals surface area (Å²) in [7, 11) is 0. The number of guanidine groups is 1. The van der Waals surface area contributed by atoms with Crippen molar-refractivity contribution in [2.45, 2.75) is 51.7 Å². The van der Waals surface area contributed by atoms with Gasteiger partial charge in [0, 0.05) is 38.3 Å². The maximum absolute atomic E-state index is 5.67. The van der Waals surface area contributed by atoms with E-state index in [0.717, 1.165) is 64.9 Å². The van der Waals surface area contributed by atoms with E-state index in [1.165, 1.54) is 12.8 Å². The molecular weight excluding hydrogens is 419 g/mol. The Kier molecular flexibility index (Phi) is 10.5. The van der Waals surface area contributed by atoms with Crippen molar-refractivity contribution in [3.05, 3.63) is 0 Å². The van der Waals surface area contributed by atoms with Gasteiger partial charge in [0.2, 0.25) is 0 Å². The highest BCUT2D eigenvalue weighted by atomic mass is 127. The molecule has 2 saturated heterocycles. The van der Waals surface area contributed by atoms with E-state index < -0.39 is 0 Å². The van der Waals surface area contributed by atoms with Crippen LogP contribution in [0.15, 0.2) is 4.99 Å². The lowest BCUT2D eigenvalue weighted by atomic mass is 10.0. The Morgan fingerprint density at radius 3 is 2.58 bits per heavy atom. The minimum absolute atomic E-state index is 0. The molecule has 0 aliphatic carbocycles. The van der Waals surface area contributed by atoms with Gasteiger partial charge in [-0.1, -0.05) is 0 Å². The van der Waals surface area contributed by atoms with Crippen LogP contribution in [0.5, 0.6) is 0 Å². The Bertz CT molecular complexity index is 368. The largest absolute Gasteiger partial charge is 0.379 e. The molecule has 0 aromatic heterocycles. The van der Waals surface area contributed by atoms with E-state index in [1.54, 1.807) is 0 Å². The second kappa shape index (κ2) is 11.5. The smallest absolute Gasteiger partial charge is 0.191 e. The van der Waals surface area contributed by atoms with Gasteiger partial charge in [0.15, 0.2) is 5.96 Å². The number of hydrogen-bond acceptors (Lipinski definition) is 4. The van der Waals surface area contributed by atoms with Gasteiger partial charge in [-0.3, -0.25) is 9.89 Å². The minimum atomic E-state index is 0. The molecule has 1 unspecified atom stereocenters. The lowest BCUT2D eigenvalue weighted by Gasteiger charge is -2.39. The molecule has 0 aromatic rings. The van der Waals surface area contributed by atoms with Gasteiger partial charge < -0.3 is 20.1 Å². The van der Waals surface area contributed by atoms with Crippen LogP contribution in [-0.4, -0.2) is 75.0 Å². The maximum Gasteiger partial charge on any atom is 0.191 e. The zero-order valence-corrected chi connectivity index (χ0v) is 17.8. The van der Waals surface area contributed by atoms with Crippen LogP contribution in [0, 0.1) is 0 Å². The highest BCUT2D eigenvalue weighted by molar-refractivity contribution is 14.0. The average Bonchev–Trinajstić information content (AvgIpc) is 3.07. The quantitative estimate of drug-likeness (QED) is 0.349. The van der Waals surface area contributed by atoms with E-state index in [1.807, 2.05) is 0 Å². The molecule has 7 heteroatoms. The predicted octanol–water partition coefficient (Wildman–Crippen LogP) is 1.84. The topological polar surface area (TPSA) is 58.1 Å². The van der Waals surface area contributed by atoms with Crippen molar-refractivity contribution in [1.29, 1.82) is 0 Å². The number of hydrogen-bond donors (Lipinski definition) is 2. The maximum atomic E-state index is 5.67. The van der Waals surface area contributed by atoms with E-state index in [9.17, 15) is 0 Å². The predicted molar refractivity (Wildman–Crippen MR) is 109 cm³/mol.